The molecule has 0 N–H and O–H groups in total. The molecule has 1 atom stereocenters. The first-order chi connectivity index (χ1) is 8.55. The van der Waals surface area contributed by atoms with Crippen LogP contribution in [0.3, 0.4) is 0 Å². The second-order valence-corrected chi connectivity index (χ2v) is 12.7. The lowest BCUT2D eigenvalue weighted by Gasteiger charge is -2.39. The largest absolute Gasteiger partial charge is 0.398 e. The van der Waals surface area contributed by atoms with Crippen LogP contribution in [0.4, 0.5) is 0 Å². The molecule has 1 unspecified atom stereocenters. The van der Waals surface area contributed by atoms with Crippen LogP contribution in [0.1, 0.15) is 19.3 Å². The summed E-state index contributed by atoms with van der Waals surface area (Å²) in [7, 11) is 2.56. The minimum atomic E-state index is -2.26. The molecule has 0 saturated carbocycles. The fourth-order valence-electron chi connectivity index (χ4n) is 2.57. The zero-order valence-corrected chi connectivity index (χ0v) is 14.2. The van der Waals surface area contributed by atoms with E-state index in [-0.39, 0.29) is 0 Å². The van der Waals surface area contributed by atoms with E-state index in [2.05, 4.69) is 18.7 Å². The van der Waals surface area contributed by atoms with Crippen molar-refractivity contribution in [3.8, 4) is 0 Å². The van der Waals surface area contributed by atoms with E-state index in [1.54, 1.807) is 28.4 Å². The van der Waals surface area contributed by atoms with E-state index in [9.17, 15) is 0 Å². The maximum absolute atomic E-state index is 5.88. The molecule has 106 valence electrons. The molecule has 0 aromatic rings. The molecule has 0 aromatic heterocycles. The van der Waals surface area contributed by atoms with Crippen molar-refractivity contribution in [3.63, 3.8) is 0 Å². The Morgan fingerprint density at radius 2 is 1.61 bits per heavy atom. The first kappa shape index (κ1) is 16.1. The van der Waals surface area contributed by atoms with Crippen LogP contribution >= 0.6 is 0 Å². The van der Waals surface area contributed by atoms with E-state index in [0.29, 0.717) is 5.54 Å². The minimum Gasteiger partial charge on any atom is -0.398 e. The summed E-state index contributed by atoms with van der Waals surface area (Å²) in [6.45, 7) is 2.07. The number of rotatable bonds is 7. The van der Waals surface area contributed by atoms with Gasteiger partial charge in [0.15, 0.2) is 0 Å². The Labute approximate surface area is 113 Å². The number of hydrogen-bond donors (Lipinski definition) is 0. The average molecular weight is 291 g/mol. The van der Waals surface area contributed by atoms with Crippen molar-refractivity contribution in [2.24, 2.45) is 0 Å². The summed E-state index contributed by atoms with van der Waals surface area (Å²) in [6, 6.07) is 0. The van der Waals surface area contributed by atoms with Crippen LogP contribution in [0.15, 0.2) is 12.2 Å². The smallest absolute Gasteiger partial charge is 0.343 e. The van der Waals surface area contributed by atoms with Crippen LogP contribution in [-0.4, -0.2) is 45.6 Å². The normalized spacial score (nSPS) is 21.3. The Balaban J connectivity index is 2.88. The monoisotopic (exact) mass is 290 g/mol. The van der Waals surface area contributed by atoms with E-state index in [4.69, 9.17) is 17.7 Å². The van der Waals surface area contributed by atoms with Crippen molar-refractivity contribution in [3.05, 3.63) is 12.2 Å². The molecule has 6 heteroatoms. The third-order valence-electron chi connectivity index (χ3n) is 4.01. The molecular weight excluding hydrogens is 264 g/mol. The lowest BCUT2D eigenvalue weighted by Crippen LogP contribution is -2.54. The summed E-state index contributed by atoms with van der Waals surface area (Å²) in [4.78, 5) is 0. The Morgan fingerprint density at radius 1 is 1.00 bits per heavy atom. The van der Waals surface area contributed by atoms with Crippen molar-refractivity contribution in [1.82, 2.24) is 0 Å². The van der Waals surface area contributed by atoms with Gasteiger partial charge in [0.1, 0.15) is 0 Å². The van der Waals surface area contributed by atoms with Crippen molar-refractivity contribution in [1.29, 1.82) is 0 Å². The fraction of sp³-hybridized carbons (Fsp3) is 0.833. The summed E-state index contributed by atoms with van der Waals surface area (Å²) in [5.41, 5.74) is 1.31. The molecule has 0 radical (unpaired) electrons. The molecule has 0 saturated heterocycles. The van der Waals surface area contributed by atoms with Crippen LogP contribution in [0, 0.1) is 0 Å². The van der Waals surface area contributed by atoms with Crippen LogP contribution < -0.4 is 0 Å². The maximum atomic E-state index is 5.88. The van der Waals surface area contributed by atoms with Gasteiger partial charge in [-0.05, 0) is 25.8 Å². The van der Waals surface area contributed by atoms with Gasteiger partial charge < -0.3 is 17.7 Å². The molecule has 0 bridgehead atoms. The molecule has 0 aromatic carbocycles. The lowest BCUT2D eigenvalue weighted by molar-refractivity contribution is 0.211. The van der Waals surface area contributed by atoms with Gasteiger partial charge in [0.2, 0.25) is 0 Å². The van der Waals surface area contributed by atoms with Crippen molar-refractivity contribution in [2.75, 3.05) is 28.4 Å². The highest BCUT2D eigenvalue weighted by Gasteiger charge is 2.51. The van der Waals surface area contributed by atoms with Crippen LogP contribution in [0.25, 0.3) is 0 Å². The highest BCUT2D eigenvalue weighted by molar-refractivity contribution is 6.86. The van der Waals surface area contributed by atoms with Gasteiger partial charge >= 0.3 is 17.1 Å². The van der Waals surface area contributed by atoms with Gasteiger partial charge in [-0.3, -0.25) is 0 Å². The Bertz CT molecular complexity index is 275. The number of hydrogen-bond acceptors (Lipinski definition) is 4. The van der Waals surface area contributed by atoms with Crippen LogP contribution in [0.5, 0.6) is 0 Å². The molecule has 0 spiro atoms. The van der Waals surface area contributed by atoms with Gasteiger partial charge in [-0.2, -0.15) is 0 Å². The molecule has 1 aliphatic carbocycles. The predicted molar refractivity (Wildman–Crippen MR) is 77.0 cm³/mol. The quantitative estimate of drug-likeness (QED) is 0.534. The molecule has 18 heavy (non-hydrogen) atoms. The Kier molecular flexibility index (Phi) is 6.23. The summed E-state index contributed by atoms with van der Waals surface area (Å²) in [5.74, 6) is 0. The third-order valence-corrected chi connectivity index (χ3v) is 13.4. The summed E-state index contributed by atoms with van der Waals surface area (Å²) >= 11 is 0. The van der Waals surface area contributed by atoms with Crippen molar-refractivity contribution < 1.29 is 17.7 Å². The molecule has 0 amide bonds. The van der Waals surface area contributed by atoms with Crippen LogP contribution in [-0.2, 0) is 17.7 Å². The predicted octanol–water partition coefficient (Wildman–Crippen LogP) is 2.74. The standard InChI is InChI=1S/C12H26O4Si2/c1-13-17(5,14-2)11-18(15-3,16-4)12-9-7-6-8-10-12/h6-7,12H,8-11H2,1-5H3. The van der Waals surface area contributed by atoms with Gasteiger partial charge in [0.05, 0.1) is 0 Å². The molecular formula is C12H26O4Si2. The highest BCUT2D eigenvalue weighted by atomic mass is 28.4. The summed E-state index contributed by atoms with van der Waals surface area (Å²) in [6.07, 6.45) is 7.79. The Hall–Kier alpha value is 0.0138. The second kappa shape index (κ2) is 6.97. The lowest BCUT2D eigenvalue weighted by atomic mass is 10.1. The molecule has 1 aliphatic rings. The van der Waals surface area contributed by atoms with Gasteiger partial charge in [-0.15, -0.1) is 0 Å². The first-order valence-electron chi connectivity index (χ1n) is 6.41. The summed E-state index contributed by atoms with van der Waals surface area (Å²) < 4.78 is 23.0. The topological polar surface area (TPSA) is 36.9 Å². The average Bonchev–Trinajstić information content (AvgIpc) is 2.45. The van der Waals surface area contributed by atoms with Gasteiger partial charge in [-0.25, -0.2) is 0 Å². The fourth-order valence-corrected chi connectivity index (χ4v) is 11.7. The van der Waals surface area contributed by atoms with Gasteiger partial charge in [-0.1, -0.05) is 12.2 Å². The van der Waals surface area contributed by atoms with Crippen molar-refractivity contribution in [2.45, 2.75) is 37.0 Å². The Morgan fingerprint density at radius 3 is 2.00 bits per heavy atom. The maximum Gasteiger partial charge on any atom is 0.343 e. The second-order valence-electron chi connectivity index (χ2n) is 4.92. The molecule has 4 nitrogen and oxygen atoms in total. The molecule has 1 rings (SSSR count). The van der Waals surface area contributed by atoms with E-state index in [1.165, 1.54) is 0 Å². The van der Waals surface area contributed by atoms with Crippen molar-refractivity contribution >= 4 is 17.1 Å². The van der Waals surface area contributed by atoms with Gasteiger partial charge in [0.25, 0.3) is 0 Å². The highest BCUT2D eigenvalue weighted by Crippen LogP contribution is 2.39. The zero-order chi connectivity index (χ0) is 13.6. The van der Waals surface area contributed by atoms with E-state index < -0.39 is 17.1 Å². The zero-order valence-electron chi connectivity index (χ0n) is 12.2. The third kappa shape index (κ3) is 3.52. The summed E-state index contributed by atoms with van der Waals surface area (Å²) in [5, 5.41) is 0. The van der Waals surface area contributed by atoms with E-state index in [0.717, 1.165) is 24.9 Å². The van der Waals surface area contributed by atoms with Gasteiger partial charge in [0, 0.05) is 39.6 Å². The SMILES string of the molecule is CO[Si](C)(C[Si](OC)(OC)C1CC=CCC1)OC. The minimum absolute atomic E-state index is 0.495. The molecule has 0 heterocycles. The van der Waals surface area contributed by atoms with Crippen LogP contribution in [0.2, 0.25) is 17.8 Å². The molecule has 0 fully saturated rings. The number of allylic oxidation sites excluding steroid dienone is 2. The first-order valence-corrected chi connectivity index (χ1v) is 11.0. The van der Waals surface area contributed by atoms with E-state index in [1.807, 2.05) is 0 Å². The van der Waals surface area contributed by atoms with E-state index >= 15 is 0 Å². The molecule has 0 aliphatic heterocycles.